The summed E-state index contributed by atoms with van der Waals surface area (Å²) in [5, 5.41) is 27.3. The Kier molecular flexibility index (Phi) is 12.1. The molecule has 0 unspecified atom stereocenters. The van der Waals surface area contributed by atoms with Crippen LogP contribution in [0.2, 0.25) is 0 Å². The topological polar surface area (TPSA) is 163 Å². The van der Waals surface area contributed by atoms with E-state index in [9.17, 15) is 33.0 Å². The Morgan fingerprint density at radius 3 is 2.55 bits per heavy atom. The number of aliphatic hydroxyl groups is 2. The Bertz CT molecular complexity index is 1930. The van der Waals surface area contributed by atoms with Gasteiger partial charge in [-0.15, -0.1) is 0 Å². The molecule has 0 radical (unpaired) electrons. The number of halogens is 3. The number of hydrogen-bond acceptors (Lipinski definition) is 11. The molecule has 13 nitrogen and oxygen atoms in total. The fraction of sp³-hybridized carbons (Fsp3) is 0.436. The molecule has 0 aliphatic carbocycles. The molecule has 1 fully saturated rings. The average molecular weight is 767 g/mol. The number of fused-ring (bicyclic) bond motifs is 1. The van der Waals surface area contributed by atoms with Gasteiger partial charge in [-0.3, -0.25) is 24.4 Å². The molecule has 1 saturated heterocycles. The first-order chi connectivity index (χ1) is 26.2. The maximum absolute atomic E-state index is 14.0. The van der Waals surface area contributed by atoms with E-state index in [2.05, 4.69) is 15.3 Å². The molecule has 2 aromatic carbocycles. The van der Waals surface area contributed by atoms with E-state index in [1.165, 1.54) is 7.11 Å². The zero-order valence-electron chi connectivity index (χ0n) is 30.7. The third-order valence-corrected chi connectivity index (χ3v) is 10.1. The highest BCUT2D eigenvalue weighted by molar-refractivity contribution is 5.84. The number of carbonyl (C=O) groups is 2. The Hall–Kier alpha value is -5.03. The van der Waals surface area contributed by atoms with Crippen LogP contribution in [-0.2, 0) is 15.1 Å². The molecule has 4 heterocycles. The Morgan fingerprint density at radius 2 is 1.80 bits per heavy atom. The molecule has 6 rings (SSSR count). The highest BCUT2D eigenvalue weighted by atomic mass is 19.4. The summed E-state index contributed by atoms with van der Waals surface area (Å²) in [5.74, 6) is -0.331. The maximum Gasteiger partial charge on any atom is 0.405 e. The molecule has 55 heavy (non-hydrogen) atoms. The lowest BCUT2D eigenvalue weighted by Crippen LogP contribution is -2.63. The summed E-state index contributed by atoms with van der Waals surface area (Å²) in [4.78, 5) is 39.7. The van der Waals surface area contributed by atoms with Crippen molar-refractivity contribution in [3.8, 4) is 22.8 Å². The molecule has 0 bridgehead atoms. The number of alkyl halides is 3. The minimum Gasteiger partial charge on any atom is -0.495 e. The van der Waals surface area contributed by atoms with Gasteiger partial charge in [0.1, 0.15) is 36.8 Å². The number of ether oxygens (including phenoxy) is 2. The predicted octanol–water partition coefficient (Wildman–Crippen LogP) is 3.79. The third-order valence-electron chi connectivity index (χ3n) is 10.1. The summed E-state index contributed by atoms with van der Waals surface area (Å²) in [6.07, 6.45) is -2.19. The molecule has 4 aromatic rings. The van der Waals surface area contributed by atoms with E-state index in [1.807, 2.05) is 24.1 Å². The number of nitrogens with zero attached hydrogens (tertiary/aromatic N) is 4. The number of rotatable bonds is 13. The zero-order valence-corrected chi connectivity index (χ0v) is 30.7. The van der Waals surface area contributed by atoms with Crippen LogP contribution in [0.3, 0.4) is 0 Å². The second-order valence-electron chi connectivity index (χ2n) is 14.2. The number of aliphatic hydroxyl groups excluding tert-OH is 2. The average Bonchev–Trinajstić information content (AvgIpc) is 3.69. The van der Waals surface area contributed by atoms with Gasteiger partial charge in [0, 0.05) is 43.5 Å². The number of methoxy groups -OCH3 is 1. The number of piperazine rings is 1. The minimum atomic E-state index is -4.63. The van der Waals surface area contributed by atoms with Crippen molar-refractivity contribution in [1.82, 2.24) is 30.4 Å². The summed E-state index contributed by atoms with van der Waals surface area (Å²) < 4.78 is 56.8. The third kappa shape index (κ3) is 9.44. The van der Waals surface area contributed by atoms with Gasteiger partial charge in [0.2, 0.25) is 17.7 Å². The highest BCUT2D eigenvalue weighted by Gasteiger charge is 2.43. The van der Waals surface area contributed by atoms with Crippen LogP contribution in [0, 0.1) is 0 Å². The second-order valence-corrected chi connectivity index (χ2v) is 14.2. The van der Waals surface area contributed by atoms with Gasteiger partial charge in [-0.05, 0) is 38.0 Å². The number of aromatic nitrogens is 2. The number of para-hydroxylation sites is 1. The normalized spacial score (nSPS) is 20.5. The lowest BCUT2D eigenvalue weighted by atomic mass is 9.90. The molecule has 0 spiro atoms. The van der Waals surface area contributed by atoms with E-state index in [0.29, 0.717) is 46.4 Å². The van der Waals surface area contributed by atoms with Crippen LogP contribution >= 0.6 is 0 Å². The Labute approximate surface area is 316 Å². The van der Waals surface area contributed by atoms with E-state index in [4.69, 9.17) is 13.9 Å². The maximum atomic E-state index is 14.0. The molecule has 294 valence electrons. The van der Waals surface area contributed by atoms with Crippen LogP contribution in [0.25, 0.3) is 11.3 Å². The number of carbonyl (C=O) groups excluding carboxylic acids is 2. The van der Waals surface area contributed by atoms with Crippen molar-refractivity contribution in [1.29, 1.82) is 0 Å². The largest absolute Gasteiger partial charge is 0.495 e. The molecular weight excluding hydrogens is 721 g/mol. The first-order valence-corrected chi connectivity index (χ1v) is 18.0. The molecule has 2 aliphatic rings. The van der Waals surface area contributed by atoms with Crippen LogP contribution in [0.5, 0.6) is 11.5 Å². The SMILES string of the molecule is COc1cncc(-c2cnc(C(C)(C)N3CCN(C[C@@H](O)C[C@@H](C(=O)N[C@H]4c5ccccc5OC[C@H]4O)c4ccccc4)[C@H](C(=O)NCC(F)(F)F)C3)o2)c1. The van der Waals surface area contributed by atoms with Crippen molar-refractivity contribution >= 4 is 11.8 Å². The van der Waals surface area contributed by atoms with E-state index >= 15 is 0 Å². The molecule has 2 aliphatic heterocycles. The van der Waals surface area contributed by atoms with Crippen LogP contribution in [-0.4, -0.2) is 113 Å². The fourth-order valence-corrected chi connectivity index (χ4v) is 7.06. The van der Waals surface area contributed by atoms with Gasteiger partial charge in [-0.1, -0.05) is 48.5 Å². The van der Waals surface area contributed by atoms with Crippen molar-refractivity contribution in [3.63, 3.8) is 0 Å². The molecule has 2 aromatic heterocycles. The van der Waals surface area contributed by atoms with Gasteiger partial charge >= 0.3 is 6.18 Å². The number of benzene rings is 2. The lowest BCUT2D eigenvalue weighted by molar-refractivity contribution is -0.144. The van der Waals surface area contributed by atoms with Crippen molar-refractivity contribution in [2.45, 2.75) is 62.2 Å². The number of nitrogens with one attached hydrogen (secondary N) is 2. The van der Waals surface area contributed by atoms with Crippen molar-refractivity contribution in [2.24, 2.45) is 0 Å². The monoisotopic (exact) mass is 766 g/mol. The summed E-state index contributed by atoms with van der Waals surface area (Å²) in [5.41, 5.74) is 0.971. The molecular formula is C39H45F3N6O7. The standard InChI is InChI=1S/C39H45F3N6O7/c1-38(2,37-44-19-33(55-37)25-15-27(53-3)18-43-17-25)48-14-13-47(30(21-48)36(52)45-23-39(40,41)42)20-26(49)16-29(24-9-5-4-6-10-24)35(51)46-34-28-11-7-8-12-32(28)54-22-31(34)50/h4-12,15,17-19,26,29-31,34,49-50H,13-14,16,20-23H2,1-3H3,(H,45,52)(H,46,51)/t26-,29+,30-,31+,34-/m0/s1. The van der Waals surface area contributed by atoms with Crippen LogP contribution < -0.4 is 20.1 Å². The summed E-state index contributed by atoms with van der Waals surface area (Å²) in [7, 11) is 1.52. The van der Waals surface area contributed by atoms with Gasteiger partial charge in [-0.2, -0.15) is 13.2 Å². The van der Waals surface area contributed by atoms with Gasteiger partial charge in [-0.25, -0.2) is 4.98 Å². The fourth-order valence-electron chi connectivity index (χ4n) is 7.06. The summed E-state index contributed by atoms with van der Waals surface area (Å²) >= 11 is 0. The minimum absolute atomic E-state index is 0.00844. The predicted molar refractivity (Wildman–Crippen MR) is 194 cm³/mol. The lowest BCUT2D eigenvalue weighted by Gasteiger charge is -2.46. The first-order valence-electron chi connectivity index (χ1n) is 18.0. The van der Waals surface area contributed by atoms with Crippen molar-refractivity contribution in [3.05, 3.63) is 96.3 Å². The van der Waals surface area contributed by atoms with Crippen LogP contribution in [0.4, 0.5) is 13.2 Å². The quantitative estimate of drug-likeness (QED) is 0.157. The molecule has 2 amide bonds. The number of oxazole rings is 1. The van der Waals surface area contributed by atoms with E-state index in [1.54, 1.807) is 84.2 Å². The van der Waals surface area contributed by atoms with Crippen molar-refractivity contribution < 1.29 is 46.9 Å². The molecule has 4 N–H and O–H groups in total. The number of β-amino-alcohol motifs (C(OH)–C–C–N with tert-alkyl or cyclic N) is 1. The summed E-state index contributed by atoms with van der Waals surface area (Å²) in [6, 6.07) is 15.8. The highest BCUT2D eigenvalue weighted by Crippen LogP contribution is 2.35. The van der Waals surface area contributed by atoms with Gasteiger partial charge < -0.3 is 34.7 Å². The van der Waals surface area contributed by atoms with Crippen LogP contribution in [0.15, 0.2) is 83.7 Å². The number of amides is 2. The molecule has 16 heteroatoms. The number of pyridine rings is 1. The molecule has 5 atom stereocenters. The smallest absolute Gasteiger partial charge is 0.405 e. The van der Waals surface area contributed by atoms with Gasteiger partial charge in [0.25, 0.3) is 0 Å². The number of hydrogen-bond donors (Lipinski definition) is 4. The van der Waals surface area contributed by atoms with Crippen molar-refractivity contribution in [2.75, 3.05) is 46.4 Å². The van der Waals surface area contributed by atoms with Gasteiger partial charge in [0.15, 0.2) is 5.76 Å². The molecule has 0 saturated carbocycles. The second kappa shape index (κ2) is 16.8. The van der Waals surface area contributed by atoms with E-state index in [-0.39, 0.29) is 32.7 Å². The first kappa shape index (κ1) is 39.7. The van der Waals surface area contributed by atoms with E-state index < -0.39 is 60.3 Å². The summed E-state index contributed by atoms with van der Waals surface area (Å²) in [6.45, 7) is 2.59. The van der Waals surface area contributed by atoms with E-state index in [0.717, 1.165) is 0 Å². The Morgan fingerprint density at radius 1 is 1.05 bits per heavy atom. The zero-order chi connectivity index (χ0) is 39.3. The van der Waals surface area contributed by atoms with Crippen LogP contribution in [0.1, 0.15) is 49.2 Å². The van der Waals surface area contributed by atoms with Gasteiger partial charge in [0.05, 0.1) is 43.1 Å². The Balaban J connectivity index is 1.19.